The molecule has 4 N–H and O–H groups in total. The molecule has 1 saturated carbocycles. The van der Waals surface area contributed by atoms with E-state index in [1.807, 2.05) is 0 Å². The van der Waals surface area contributed by atoms with Crippen molar-refractivity contribution in [2.75, 3.05) is 32.7 Å². The van der Waals surface area contributed by atoms with Gasteiger partial charge in [0.1, 0.15) is 0 Å². The van der Waals surface area contributed by atoms with Gasteiger partial charge in [-0.1, -0.05) is 0 Å². The van der Waals surface area contributed by atoms with Crippen molar-refractivity contribution in [2.45, 2.75) is 63.3 Å². The van der Waals surface area contributed by atoms with Gasteiger partial charge in [-0.25, -0.2) is 5.01 Å². The quantitative estimate of drug-likeness (QED) is 0.512. The number of hydrogen-bond acceptors (Lipinski definition) is 6. The molecule has 4 fully saturated rings. The summed E-state index contributed by atoms with van der Waals surface area (Å²) >= 11 is 0. The van der Waals surface area contributed by atoms with Crippen molar-refractivity contribution >= 4 is 0 Å². The van der Waals surface area contributed by atoms with E-state index >= 15 is 0 Å². The van der Waals surface area contributed by atoms with Gasteiger partial charge in [0.05, 0.1) is 12.2 Å². The van der Waals surface area contributed by atoms with Crippen LogP contribution in [0, 0.1) is 11.8 Å². The molecule has 0 spiro atoms. The second-order valence-corrected chi connectivity index (χ2v) is 7.93. The van der Waals surface area contributed by atoms with Gasteiger partial charge in [0.15, 0.2) is 0 Å². The fourth-order valence-corrected chi connectivity index (χ4v) is 4.93. The fraction of sp³-hybridized carbons (Fsp3) is 1.00. The molecule has 6 nitrogen and oxygen atoms in total. The Morgan fingerprint density at radius 1 is 1.09 bits per heavy atom. The average molecular weight is 323 g/mol. The highest BCUT2D eigenvalue weighted by Gasteiger charge is 2.45. The normalized spacial score (nSPS) is 48.7. The van der Waals surface area contributed by atoms with Gasteiger partial charge in [-0.15, -0.1) is 0 Å². The van der Waals surface area contributed by atoms with Gasteiger partial charge >= 0.3 is 0 Å². The van der Waals surface area contributed by atoms with Crippen LogP contribution in [0.4, 0.5) is 0 Å². The highest BCUT2D eigenvalue weighted by Crippen LogP contribution is 2.36. The summed E-state index contributed by atoms with van der Waals surface area (Å²) in [5.74, 6) is 1.42. The van der Waals surface area contributed by atoms with Crippen molar-refractivity contribution in [1.82, 2.24) is 26.6 Å². The third-order valence-electron chi connectivity index (χ3n) is 6.22. The summed E-state index contributed by atoms with van der Waals surface area (Å²) in [6.45, 7) is 7.84. The van der Waals surface area contributed by atoms with Crippen LogP contribution in [-0.2, 0) is 4.74 Å². The van der Waals surface area contributed by atoms with Crippen molar-refractivity contribution in [2.24, 2.45) is 11.8 Å². The lowest BCUT2D eigenvalue weighted by atomic mass is 9.76. The number of ether oxygens (including phenoxy) is 1. The van der Waals surface area contributed by atoms with Crippen LogP contribution in [0.1, 0.15) is 39.0 Å². The van der Waals surface area contributed by atoms with E-state index in [2.05, 4.69) is 33.5 Å². The lowest BCUT2D eigenvalue weighted by Crippen LogP contribution is -2.42. The SMILES string of the molecule is C[C@H]1CCNCCCN2CC(CN2)C2NNC3CCC(CC32)O1. The molecule has 0 radical (unpaired) electrons. The lowest BCUT2D eigenvalue weighted by Gasteiger charge is -2.35. The Morgan fingerprint density at radius 2 is 2.04 bits per heavy atom. The monoisotopic (exact) mass is 323 g/mol. The summed E-state index contributed by atoms with van der Waals surface area (Å²) in [4.78, 5) is 0. The minimum atomic E-state index is 0.372. The highest BCUT2D eigenvalue weighted by atomic mass is 16.5. The van der Waals surface area contributed by atoms with E-state index in [0.29, 0.717) is 30.2 Å². The first-order chi connectivity index (χ1) is 11.3. The van der Waals surface area contributed by atoms with Gasteiger partial charge in [0.2, 0.25) is 0 Å². The molecular formula is C17H33N5O. The average Bonchev–Trinajstić information content (AvgIpc) is 3.16. The minimum Gasteiger partial charge on any atom is -0.375 e. The van der Waals surface area contributed by atoms with E-state index in [0.717, 1.165) is 38.5 Å². The molecule has 0 aromatic heterocycles. The Hall–Kier alpha value is -0.240. The standard InChI is InChI=1S/C17H33N5O/c1-12-5-7-18-6-2-8-22-11-13(10-19-22)17-15-9-14(23-12)3-4-16(15)20-21-17/h12-21H,2-11H2,1H3/t12-,13?,14?,15?,16?,17?/m0/s1. The van der Waals surface area contributed by atoms with E-state index < -0.39 is 0 Å². The molecule has 23 heavy (non-hydrogen) atoms. The zero-order chi connectivity index (χ0) is 15.6. The van der Waals surface area contributed by atoms with Gasteiger partial charge < -0.3 is 10.1 Å². The highest BCUT2D eigenvalue weighted by molar-refractivity contribution is 5.00. The maximum Gasteiger partial charge on any atom is 0.0583 e. The molecule has 6 heteroatoms. The Labute approximate surface area is 140 Å². The zero-order valence-electron chi connectivity index (χ0n) is 14.4. The second kappa shape index (κ2) is 7.33. The molecule has 4 bridgehead atoms. The first kappa shape index (κ1) is 16.2. The van der Waals surface area contributed by atoms with E-state index in [-0.39, 0.29) is 0 Å². The number of rotatable bonds is 0. The molecule has 3 saturated heterocycles. The van der Waals surface area contributed by atoms with E-state index in [9.17, 15) is 0 Å². The first-order valence-electron chi connectivity index (χ1n) is 9.65. The molecule has 4 aliphatic rings. The second-order valence-electron chi connectivity index (χ2n) is 7.93. The van der Waals surface area contributed by atoms with E-state index in [4.69, 9.17) is 4.74 Å². The van der Waals surface area contributed by atoms with Crippen LogP contribution in [0.5, 0.6) is 0 Å². The third kappa shape index (κ3) is 3.72. The van der Waals surface area contributed by atoms with Gasteiger partial charge in [-0.2, -0.15) is 0 Å². The Morgan fingerprint density at radius 3 is 3.00 bits per heavy atom. The van der Waals surface area contributed by atoms with Gasteiger partial charge in [0.25, 0.3) is 0 Å². The van der Waals surface area contributed by atoms with Crippen LogP contribution < -0.4 is 21.6 Å². The predicted octanol–water partition coefficient (Wildman–Crippen LogP) is 0.225. The Kier molecular flexibility index (Phi) is 5.18. The summed E-state index contributed by atoms with van der Waals surface area (Å²) < 4.78 is 6.38. The van der Waals surface area contributed by atoms with Crippen LogP contribution in [0.2, 0.25) is 0 Å². The number of nitrogens with one attached hydrogen (secondary N) is 4. The van der Waals surface area contributed by atoms with Crippen LogP contribution in [0.25, 0.3) is 0 Å². The van der Waals surface area contributed by atoms with Crippen LogP contribution >= 0.6 is 0 Å². The number of hydrazine groups is 2. The molecule has 7 atom stereocenters. The van der Waals surface area contributed by atoms with Crippen molar-refractivity contribution in [3.05, 3.63) is 0 Å². The molecule has 6 unspecified atom stereocenters. The van der Waals surface area contributed by atoms with Crippen LogP contribution in [0.3, 0.4) is 0 Å². The molecule has 0 amide bonds. The summed E-state index contributed by atoms with van der Waals surface area (Å²) in [5, 5.41) is 6.00. The van der Waals surface area contributed by atoms with Crippen molar-refractivity contribution in [3.8, 4) is 0 Å². The van der Waals surface area contributed by atoms with Crippen LogP contribution in [-0.4, -0.2) is 62.0 Å². The van der Waals surface area contributed by atoms with E-state index in [1.54, 1.807) is 0 Å². The van der Waals surface area contributed by atoms with Crippen molar-refractivity contribution in [3.63, 3.8) is 0 Å². The van der Waals surface area contributed by atoms with Gasteiger partial charge in [0, 0.05) is 37.6 Å². The van der Waals surface area contributed by atoms with Crippen molar-refractivity contribution in [1.29, 1.82) is 0 Å². The molecule has 1 aliphatic carbocycles. The molecule has 0 aromatic carbocycles. The number of fused-ring (bicyclic) bond motifs is 4. The molecule has 0 aromatic rings. The summed E-state index contributed by atoms with van der Waals surface area (Å²) in [5.41, 5.74) is 10.8. The Balaban J connectivity index is 1.45. The molecule has 3 heterocycles. The predicted molar refractivity (Wildman–Crippen MR) is 90.7 cm³/mol. The van der Waals surface area contributed by atoms with E-state index in [1.165, 1.54) is 32.2 Å². The first-order valence-corrected chi connectivity index (χ1v) is 9.65. The van der Waals surface area contributed by atoms with Gasteiger partial charge in [-0.05, 0) is 58.0 Å². The summed E-state index contributed by atoms with van der Waals surface area (Å²) in [6.07, 6.45) is 6.81. The smallest absolute Gasteiger partial charge is 0.0583 e. The zero-order valence-corrected chi connectivity index (χ0v) is 14.4. The largest absolute Gasteiger partial charge is 0.375 e. The summed E-state index contributed by atoms with van der Waals surface area (Å²) in [7, 11) is 0. The number of nitrogens with zero attached hydrogens (tertiary/aromatic N) is 1. The molecule has 3 aliphatic heterocycles. The topological polar surface area (TPSA) is 60.6 Å². The molecular weight excluding hydrogens is 290 g/mol. The lowest BCUT2D eigenvalue weighted by molar-refractivity contribution is -0.0392. The minimum absolute atomic E-state index is 0.372. The molecule has 4 rings (SSSR count). The maximum atomic E-state index is 6.38. The van der Waals surface area contributed by atoms with Crippen LogP contribution in [0.15, 0.2) is 0 Å². The maximum absolute atomic E-state index is 6.38. The Bertz CT molecular complexity index is 395. The van der Waals surface area contributed by atoms with Crippen molar-refractivity contribution < 1.29 is 4.74 Å². The number of hydrogen-bond donors (Lipinski definition) is 4. The fourth-order valence-electron chi connectivity index (χ4n) is 4.93. The summed E-state index contributed by atoms with van der Waals surface area (Å²) in [6, 6.07) is 1.23. The van der Waals surface area contributed by atoms with Gasteiger partial charge in [-0.3, -0.25) is 16.3 Å². The third-order valence-corrected chi connectivity index (χ3v) is 6.22. The molecule has 132 valence electrons.